The molecule has 6 aromatic rings. The highest BCUT2D eigenvalue weighted by molar-refractivity contribution is 6.20. The van der Waals surface area contributed by atoms with Crippen LogP contribution >= 0.6 is 0 Å². The minimum atomic E-state index is -1.25. The van der Waals surface area contributed by atoms with Crippen LogP contribution in [0.4, 0.5) is 0 Å². The SMILES string of the molecule is COC1(O)C2c3cc4ccccc4cc3-c3c4c5ccc6ccc(C(C)(C)C)cc6c5n(C)c4nc[n+]3C21. The summed E-state index contributed by atoms with van der Waals surface area (Å²) in [4.78, 5) is 4.98. The topological polar surface area (TPSA) is 51.2 Å². The van der Waals surface area contributed by atoms with Crippen LogP contribution in [-0.4, -0.2) is 27.6 Å². The lowest BCUT2D eigenvalue weighted by Crippen LogP contribution is -2.41. The van der Waals surface area contributed by atoms with Gasteiger partial charge in [-0.05, 0) is 55.9 Å². The van der Waals surface area contributed by atoms with E-state index in [2.05, 4.69) is 104 Å². The van der Waals surface area contributed by atoms with Gasteiger partial charge in [0.1, 0.15) is 11.1 Å². The van der Waals surface area contributed by atoms with Crippen molar-refractivity contribution in [3.05, 3.63) is 84.2 Å². The summed E-state index contributed by atoms with van der Waals surface area (Å²) >= 11 is 0. The molecule has 1 aliphatic carbocycles. The molecule has 3 unspecified atom stereocenters. The van der Waals surface area contributed by atoms with Gasteiger partial charge in [0.05, 0.1) is 11.4 Å². The highest BCUT2D eigenvalue weighted by atomic mass is 16.6. The van der Waals surface area contributed by atoms with E-state index in [9.17, 15) is 5.11 Å². The second-order valence-corrected chi connectivity index (χ2v) is 12.1. The van der Waals surface area contributed by atoms with Crippen LogP contribution in [0.3, 0.4) is 0 Å². The molecule has 0 saturated heterocycles. The molecule has 38 heavy (non-hydrogen) atoms. The van der Waals surface area contributed by atoms with E-state index in [1.807, 2.05) is 6.33 Å². The van der Waals surface area contributed by atoms with Gasteiger partial charge in [-0.15, -0.1) is 0 Å². The molecule has 5 heteroatoms. The van der Waals surface area contributed by atoms with Crippen LogP contribution in [0, 0.1) is 0 Å². The standard InChI is InChI=1S/C33H30N3O2/c1-32(2,3)21-12-10-18-11-13-22-26-29-25-15-20-9-7-6-8-19(20)14-24(25)27-30(33(27,37)38-5)36(29)17-34-31(26)35(4)28(22)23(18)16-21/h6-17,27,30,37H,1-5H3/q+1. The number of ether oxygens (including phenoxy) is 1. The number of rotatable bonds is 1. The predicted molar refractivity (Wildman–Crippen MR) is 151 cm³/mol. The number of methoxy groups -OCH3 is 1. The first-order valence-electron chi connectivity index (χ1n) is 13.3. The predicted octanol–water partition coefficient (Wildman–Crippen LogP) is 6.27. The van der Waals surface area contributed by atoms with Gasteiger partial charge >= 0.3 is 0 Å². The Balaban J connectivity index is 1.53. The minimum absolute atomic E-state index is 0.0554. The third-order valence-corrected chi connectivity index (χ3v) is 9.02. The van der Waals surface area contributed by atoms with Gasteiger partial charge in [-0.3, -0.25) is 0 Å². The quantitative estimate of drug-likeness (QED) is 0.214. The minimum Gasteiger partial charge on any atom is -0.362 e. The molecule has 4 aromatic carbocycles. The Bertz CT molecular complexity index is 2000. The first-order valence-corrected chi connectivity index (χ1v) is 13.3. The van der Waals surface area contributed by atoms with E-state index in [1.165, 1.54) is 38.0 Å². The number of nitrogens with zero attached hydrogens (tertiary/aromatic N) is 3. The summed E-state index contributed by atoms with van der Waals surface area (Å²) in [5.41, 5.74) is 6.88. The van der Waals surface area contributed by atoms with Gasteiger partial charge in [-0.1, -0.05) is 69.3 Å². The summed E-state index contributed by atoms with van der Waals surface area (Å²) in [6.07, 6.45) is 1.89. The van der Waals surface area contributed by atoms with Crippen molar-refractivity contribution in [2.75, 3.05) is 7.11 Å². The summed E-state index contributed by atoms with van der Waals surface area (Å²) < 4.78 is 10.1. The van der Waals surface area contributed by atoms with E-state index < -0.39 is 5.79 Å². The molecule has 0 spiro atoms. The van der Waals surface area contributed by atoms with Gasteiger partial charge in [-0.25, -0.2) is 4.57 Å². The van der Waals surface area contributed by atoms with Crippen LogP contribution in [0.5, 0.6) is 0 Å². The molecule has 2 aromatic heterocycles. The van der Waals surface area contributed by atoms with Crippen LogP contribution in [0.15, 0.2) is 73.1 Å². The summed E-state index contributed by atoms with van der Waals surface area (Å²) in [6, 6.07) is 24.0. The molecule has 3 atom stereocenters. The maximum atomic E-state index is 11.5. The van der Waals surface area contributed by atoms with Crippen molar-refractivity contribution in [1.29, 1.82) is 0 Å². The van der Waals surface area contributed by atoms with Crippen molar-refractivity contribution in [3.8, 4) is 11.3 Å². The average Bonchev–Trinajstić information content (AvgIpc) is 3.44. The van der Waals surface area contributed by atoms with Gasteiger partial charge < -0.3 is 14.4 Å². The summed E-state index contributed by atoms with van der Waals surface area (Å²) in [6.45, 7) is 6.78. The van der Waals surface area contributed by atoms with Crippen molar-refractivity contribution in [3.63, 3.8) is 0 Å². The molecule has 2 aliphatic rings. The second kappa shape index (κ2) is 6.99. The average molecular weight is 501 g/mol. The van der Waals surface area contributed by atoms with Gasteiger partial charge in [0.25, 0.3) is 12.0 Å². The summed E-state index contributed by atoms with van der Waals surface area (Å²) in [5.74, 6) is -1.38. The maximum absolute atomic E-state index is 11.5. The number of aromatic nitrogens is 3. The lowest BCUT2D eigenvalue weighted by molar-refractivity contribution is -0.704. The Labute approximate surface area is 220 Å². The number of aliphatic hydroxyl groups is 1. The van der Waals surface area contributed by atoms with Crippen LogP contribution in [0.25, 0.3) is 54.7 Å². The Morgan fingerprint density at radius 1 is 0.947 bits per heavy atom. The zero-order valence-electron chi connectivity index (χ0n) is 22.3. The second-order valence-electron chi connectivity index (χ2n) is 12.1. The maximum Gasteiger partial charge on any atom is 0.289 e. The van der Waals surface area contributed by atoms with Gasteiger partial charge in [-0.2, -0.15) is 0 Å². The van der Waals surface area contributed by atoms with E-state index in [1.54, 1.807) is 7.11 Å². The van der Waals surface area contributed by atoms with E-state index in [0.717, 1.165) is 27.9 Å². The fourth-order valence-corrected chi connectivity index (χ4v) is 6.96. The highest BCUT2D eigenvalue weighted by Gasteiger charge is 2.73. The van der Waals surface area contributed by atoms with Crippen LogP contribution in [0.2, 0.25) is 0 Å². The fraction of sp³-hybridized carbons (Fsp3) is 0.273. The molecule has 0 amide bonds. The zero-order chi connectivity index (χ0) is 26.1. The Morgan fingerprint density at radius 2 is 1.68 bits per heavy atom. The van der Waals surface area contributed by atoms with E-state index in [-0.39, 0.29) is 17.4 Å². The molecule has 1 N–H and O–H groups in total. The Kier molecular flexibility index (Phi) is 4.08. The van der Waals surface area contributed by atoms with Crippen LogP contribution in [0.1, 0.15) is 43.9 Å². The molecular weight excluding hydrogens is 470 g/mol. The number of fused-ring (bicyclic) bond motifs is 13. The van der Waals surface area contributed by atoms with Crippen LogP contribution < -0.4 is 4.57 Å². The third kappa shape index (κ3) is 2.63. The van der Waals surface area contributed by atoms with Crippen molar-refractivity contribution in [2.45, 2.75) is 43.9 Å². The molecule has 188 valence electrons. The van der Waals surface area contributed by atoms with Gasteiger partial charge in [0, 0.05) is 30.5 Å². The van der Waals surface area contributed by atoms with E-state index in [4.69, 9.17) is 9.72 Å². The summed E-state index contributed by atoms with van der Waals surface area (Å²) in [7, 11) is 3.72. The monoisotopic (exact) mass is 500 g/mol. The van der Waals surface area contributed by atoms with Gasteiger partial charge in [0.2, 0.25) is 5.79 Å². The fourth-order valence-electron chi connectivity index (χ4n) is 6.96. The van der Waals surface area contributed by atoms with Crippen molar-refractivity contribution < 1.29 is 14.4 Å². The molecule has 8 rings (SSSR count). The smallest absolute Gasteiger partial charge is 0.289 e. The number of benzene rings is 4. The van der Waals surface area contributed by atoms with Crippen molar-refractivity contribution in [2.24, 2.45) is 7.05 Å². The largest absolute Gasteiger partial charge is 0.362 e. The highest BCUT2D eigenvalue weighted by Crippen LogP contribution is 2.63. The summed E-state index contributed by atoms with van der Waals surface area (Å²) in [5, 5.41) is 18.6. The lowest BCUT2D eigenvalue weighted by Gasteiger charge is -2.19. The van der Waals surface area contributed by atoms with Crippen LogP contribution in [-0.2, 0) is 17.2 Å². The third-order valence-electron chi connectivity index (χ3n) is 9.02. The normalized spacial score (nSPS) is 22.2. The number of hydrogen-bond acceptors (Lipinski definition) is 3. The Hall–Kier alpha value is -3.80. The van der Waals surface area contributed by atoms with Crippen molar-refractivity contribution >= 4 is 43.5 Å². The number of hydrogen-bond donors (Lipinski definition) is 1. The van der Waals surface area contributed by atoms with E-state index >= 15 is 0 Å². The molecule has 1 fully saturated rings. The van der Waals surface area contributed by atoms with Gasteiger partial charge in [0.15, 0.2) is 6.04 Å². The molecule has 3 heterocycles. The Morgan fingerprint density at radius 3 is 2.42 bits per heavy atom. The molecule has 5 nitrogen and oxygen atoms in total. The molecule has 0 bridgehead atoms. The molecule has 1 aliphatic heterocycles. The number of aryl methyl sites for hydroxylation is 1. The zero-order valence-corrected chi connectivity index (χ0v) is 22.3. The van der Waals surface area contributed by atoms with Crippen molar-refractivity contribution in [1.82, 2.24) is 9.55 Å². The van der Waals surface area contributed by atoms with E-state index in [0.29, 0.717) is 0 Å². The first kappa shape index (κ1) is 22.2. The first-order chi connectivity index (χ1) is 18.2. The lowest BCUT2D eigenvalue weighted by atomic mass is 9.85. The molecule has 1 saturated carbocycles. The molecular formula is C33H30N3O2+. The molecule has 0 radical (unpaired) electrons.